The number of nitro groups is 1. The van der Waals surface area contributed by atoms with E-state index < -0.39 is 69.3 Å². The Hall–Kier alpha value is -3.81. The maximum Gasteiger partial charge on any atom is 0.362 e. The summed E-state index contributed by atoms with van der Waals surface area (Å²) < 4.78 is 51.2. The molecule has 17 nitrogen and oxygen atoms in total. The second-order valence-corrected chi connectivity index (χ2v) is 11.6. The third-order valence-electron chi connectivity index (χ3n) is 7.08. The first-order valence-corrected chi connectivity index (χ1v) is 15.3. The molecule has 0 saturated carbocycles. The van der Waals surface area contributed by atoms with Gasteiger partial charge in [0.05, 0.1) is 17.9 Å². The minimum Gasteiger partial charge on any atom is -0.382 e. The standard InChI is InChI=1S/C20H21N7O9S.C6H15N/c1-20(2)35-14-12(7-33-37(31,32)25-18(28)10-5-3-4-6-11(10)27(29)30)34-19(15(14)36-20)26-9-24-13-16(21)22-8-23-17(13)26;1-4-7(5-2)6-3/h3-6,8-9,12,14-15,19H,7H2,1-2H3,(H,25,28)(H2,21,22,23);4-6H2,1-3H3/t12-,14-,15-,19-;/m1./s1. The molecule has 0 aliphatic carbocycles. The number of fused-ring (bicyclic) bond motifs is 2. The van der Waals surface area contributed by atoms with E-state index in [1.54, 1.807) is 23.1 Å². The fourth-order valence-corrected chi connectivity index (χ4v) is 5.63. The second kappa shape index (κ2) is 13.4. The van der Waals surface area contributed by atoms with Gasteiger partial charge in [-0.15, -0.1) is 0 Å². The number of nitrogen functional groups attached to an aromatic ring is 1. The zero-order chi connectivity index (χ0) is 32.2. The number of ether oxygens (including phenoxy) is 3. The number of nitro benzene ring substituents is 1. The van der Waals surface area contributed by atoms with Crippen molar-refractivity contribution in [3.63, 3.8) is 0 Å². The van der Waals surface area contributed by atoms with Gasteiger partial charge in [-0.05, 0) is 39.5 Å². The molecule has 2 fully saturated rings. The molecule has 1 aromatic carbocycles. The van der Waals surface area contributed by atoms with Crippen LogP contribution >= 0.6 is 0 Å². The van der Waals surface area contributed by atoms with Crippen LogP contribution in [-0.4, -0.2) is 94.0 Å². The number of anilines is 1. The number of nitrogens with zero attached hydrogens (tertiary/aromatic N) is 6. The molecule has 5 rings (SSSR count). The second-order valence-electron chi connectivity index (χ2n) is 10.3. The van der Waals surface area contributed by atoms with E-state index in [1.165, 1.54) is 44.4 Å². The number of carbonyl (C=O) groups is 1. The maximum atomic E-state index is 12.5. The van der Waals surface area contributed by atoms with E-state index >= 15 is 0 Å². The average molecular weight is 637 g/mol. The summed E-state index contributed by atoms with van der Waals surface area (Å²) in [7, 11) is -4.68. The van der Waals surface area contributed by atoms with Crippen molar-refractivity contribution in [1.29, 1.82) is 0 Å². The lowest BCUT2D eigenvalue weighted by atomic mass is 10.1. The summed E-state index contributed by atoms with van der Waals surface area (Å²) in [6.45, 7) is 13.0. The summed E-state index contributed by atoms with van der Waals surface area (Å²) in [4.78, 5) is 37.5. The van der Waals surface area contributed by atoms with E-state index in [2.05, 4.69) is 40.6 Å². The molecule has 44 heavy (non-hydrogen) atoms. The number of nitrogens with two attached hydrogens (primary N) is 1. The zero-order valence-electron chi connectivity index (χ0n) is 24.9. The number of para-hydroxylation sites is 1. The normalized spacial score (nSPS) is 22.4. The van der Waals surface area contributed by atoms with E-state index in [9.17, 15) is 23.3 Å². The van der Waals surface area contributed by atoms with Gasteiger partial charge in [-0.2, -0.15) is 8.42 Å². The molecule has 2 saturated heterocycles. The highest BCUT2D eigenvalue weighted by Crippen LogP contribution is 2.44. The predicted octanol–water partition coefficient (Wildman–Crippen LogP) is 1.77. The molecular weight excluding hydrogens is 600 g/mol. The summed E-state index contributed by atoms with van der Waals surface area (Å²) >= 11 is 0. The van der Waals surface area contributed by atoms with Crippen LogP contribution in [0, 0.1) is 10.1 Å². The van der Waals surface area contributed by atoms with Crippen LogP contribution in [-0.2, 0) is 28.7 Å². The number of carbonyl (C=O) groups excluding carboxylic acids is 1. The lowest BCUT2D eigenvalue weighted by Crippen LogP contribution is -2.37. The lowest BCUT2D eigenvalue weighted by Gasteiger charge is -2.24. The van der Waals surface area contributed by atoms with Gasteiger partial charge in [-0.3, -0.25) is 23.7 Å². The Morgan fingerprint density at radius 2 is 1.80 bits per heavy atom. The molecule has 2 aromatic heterocycles. The molecule has 3 aromatic rings. The number of amides is 1. The van der Waals surface area contributed by atoms with Crippen molar-refractivity contribution < 1.29 is 36.5 Å². The Labute approximate surface area is 254 Å². The van der Waals surface area contributed by atoms with Crippen molar-refractivity contribution in [3.05, 3.63) is 52.6 Å². The molecule has 0 spiro atoms. The fraction of sp³-hybridized carbons (Fsp3) is 0.538. The van der Waals surface area contributed by atoms with Crippen molar-refractivity contribution in [1.82, 2.24) is 29.1 Å². The molecular formula is C26H36N8O9S. The van der Waals surface area contributed by atoms with Gasteiger partial charge in [0, 0.05) is 6.07 Å². The van der Waals surface area contributed by atoms with Crippen molar-refractivity contribution in [2.75, 3.05) is 32.0 Å². The number of hydrogen-bond donors (Lipinski definition) is 2. The number of benzene rings is 1. The van der Waals surface area contributed by atoms with Crippen molar-refractivity contribution in [2.24, 2.45) is 0 Å². The summed E-state index contributed by atoms with van der Waals surface area (Å²) in [5.74, 6) is -2.07. The van der Waals surface area contributed by atoms with Crippen LogP contribution in [0.4, 0.5) is 11.5 Å². The van der Waals surface area contributed by atoms with Crippen LogP contribution < -0.4 is 10.5 Å². The quantitative estimate of drug-likeness (QED) is 0.240. The van der Waals surface area contributed by atoms with E-state index in [0.717, 1.165) is 12.1 Å². The molecule has 18 heteroatoms. The average Bonchev–Trinajstić information content (AvgIpc) is 3.64. The Morgan fingerprint density at radius 1 is 1.14 bits per heavy atom. The van der Waals surface area contributed by atoms with E-state index in [0.29, 0.717) is 11.2 Å². The van der Waals surface area contributed by atoms with Crippen LogP contribution in [0.15, 0.2) is 36.9 Å². The Kier molecular flexibility index (Phi) is 10.1. The predicted molar refractivity (Wildman–Crippen MR) is 156 cm³/mol. The molecule has 0 bridgehead atoms. The first kappa shape index (κ1) is 33.1. The topological polar surface area (TPSA) is 216 Å². The lowest BCUT2D eigenvalue weighted by molar-refractivity contribution is -0.385. The van der Waals surface area contributed by atoms with Crippen LogP contribution in [0.25, 0.3) is 11.2 Å². The van der Waals surface area contributed by atoms with Gasteiger partial charge in [0.15, 0.2) is 23.5 Å². The van der Waals surface area contributed by atoms with E-state index in [-0.39, 0.29) is 5.82 Å². The number of nitrogens with one attached hydrogen (secondary N) is 1. The van der Waals surface area contributed by atoms with Gasteiger partial charge in [0.2, 0.25) is 0 Å². The molecule has 0 unspecified atom stereocenters. The van der Waals surface area contributed by atoms with Gasteiger partial charge in [-0.1, -0.05) is 32.9 Å². The summed E-state index contributed by atoms with van der Waals surface area (Å²) in [5.41, 5.74) is 5.58. The maximum absolute atomic E-state index is 12.5. The highest BCUT2D eigenvalue weighted by atomic mass is 32.2. The minimum absolute atomic E-state index is 0.169. The molecule has 3 N–H and O–H groups in total. The van der Waals surface area contributed by atoms with Crippen LogP contribution in [0.2, 0.25) is 0 Å². The van der Waals surface area contributed by atoms with Crippen LogP contribution in [0.3, 0.4) is 0 Å². The van der Waals surface area contributed by atoms with Crippen LogP contribution in [0.5, 0.6) is 0 Å². The summed E-state index contributed by atoms with van der Waals surface area (Å²) in [6.07, 6.45) is -0.515. The third kappa shape index (κ3) is 7.28. The zero-order valence-corrected chi connectivity index (χ0v) is 25.8. The highest BCUT2D eigenvalue weighted by Gasteiger charge is 2.56. The molecule has 4 heterocycles. The molecule has 1 amide bonds. The number of rotatable bonds is 10. The van der Waals surface area contributed by atoms with Crippen molar-refractivity contribution >= 4 is 38.9 Å². The summed E-state index contributed by atoms with van der Waals surface area (Å²) in [6, 6.07) is 4.90. The van der Waals surface area contributed by atoms with E-state index in [1.807, 2.05) is 0 Å². The van der Waals surface area contributed by atoms with Crippen molar-refractivity contribution in [2.45, 2.75) is 64.9 Å². The highest BCUT2D eigenvalue weighted by molar-refractivity contribution is 7.85. The van der Waals surface area contributed by atoms with Crippen molar-refractivity contribution in [3.8, 4) is 0 Å². The minimum atomic E-state index is -4.68. The molecule has 0 radical (unpaired) electrons. The van der Waals surface area contributed by atoms with E-state index in [4.69, 9.17) is 24.1 Å². The largest absolute Gasteiger partial charge is 0.382 e. The molecule has 4 atom stereocenters. The molecule has 2 aliphatic rings. The number of aromatic nitrogens is 4. The first-order chi connectivity index (χ1) is 20.8. The van der Waals surface area contributed by atoms with Gasteiger partial charge in [0.25, 0.3) is 11.6 Å². The van der Waals surface area contributed by atoms with Gasteiger partial charge >= 0.3 is 10.3 Å². The number of hydrogen-bond acceptors (Lipinski definition) is 14. The van der Waals surface area contributed by atoms with Gasteiger partial charge in [-0.25, -0.2) is 19.7 Å². The monoisotopic (exact) mass is 636 g/mol. The third-order valence-corrected chi connectivity index (χ3v) is 7.96. The number of imidazole rings is 1. The molecule has 240 valence electrons. The Morgan fingerprint density at radius 3 is 2.43 bits per heavy atom. The Bertz CT molecular complexity index is 1590. The van der Waals surface area contributed by atoms with Gasteiger partial charge < -0.3 is 24.8 Å². The SMILES string of the molecule is CC1(C)O[C@@H]2[C@H](O1)[C@@H](COS(=O)(=O)NC(=O)c1ccccc1[N+](=O)[O-])O[C@H]2n1cnc2c(N)ncnc21.CCN(CC)CC. The van der Waals surface area contributed by atoms with Crippen LogP contribution in [0.1, 0.15) is 51.2 Å². The summed E-state index contributed by atoms with van der Waals surface area (Å²) in [5, 5.41) is 11.2. The Balaban J connectivity index is 0.000000566. The van der Waals surface area contributed by atoms with Gasteiger partial charge in [0.1, 0.15) is 35.7 Å². The first-order valence-electron chi connectivity index (χ1n) is 13.9. The smallest absolute Gasteiger partial charge is 0.362 e. The fourth-order valence-electron chi connectivity index (χ4n) is 4.92. The molecule has 2 aliphatic heterocycles.